The van der Waals surface area contributed by atoms with Gasteiger partial charge >= 0.3 is 5.97 Å². The molecule has 0 radical (unpaired) electrons. The van der Waals surface area contributed by atoms with Gasteiger partial charge in [-0.15, -0.1) is 11.3 Å². The summed E-state index contributed by atoms with van der Waals surface area (Å²) in [5.74, 6) is -0.745. The van der Waals surface area contributed by atoms with Crippen LogP contribution < -0.4 is 5.32 Å². The minimum atomic E-state index is -0.390. The van der Waals surface area contributed by atoms with Gasteiger partial charge in [-0.2, -0.15) is 5.10 Å². The lowest BCUT2D eigenvalue weighted by Crippen LogP contribution is -2.13. The first kappa shape index (κ1) is 20.0. The van der Waals surface area contributed by atoms with Gasteiger partial charge in [-0.1, -0.05) is 41.9 Å². The molecule has 3 aromatic rings. The van der Waals surface area contributed by atoms with Gasteiger partial charge in [-0.05, 0) is 19.4 Å². The quantitative estimate of drug-likeness (QED) is 0.591. The van der Waals surface area contributed by atoms with E-state index in [0.29, 0.717) is 35.2 Å². The highest BCUT2D eigenvalue weighted by Crippen LogP contribution is 2.23. The Kier molecular flexibility index (Phi) is 6.43. The molecule has 0 saturated carbocycles. The number of benzene rings is 1. The van der Waals surface area contributed by atoms with Gasteiger partial charge in [0.25, 0.3) is 5.91 Å². The molecule has 2 aromatic heterocycles. The molecule has 0 aliphatic carbocycles. The summed E-state index contributed by atoms with van der Waals surface area (Å²) in [7, 11) is 0. The summed E-state index contributed by atoms with van der Waals surface area (Å²) in [5.41, 5.74) is 2.41. The Bertz CT molecular complexity index is 984. The first-order valence-electron chi connectivity index (χ1n) is 8.66. The van der Waals surface area contributed by atoms with Crippen LogP contribution in [-0.4, -0.2) is 33.2 Å². The van der Waals surface area contributed by atoms with E-state index in [4.69, 9.17) is 16.3 Å². The summed E-state index contributed by atoms with van der Waals surface area (Å²) >= 11 is 7.64. The van der Waals surface area contributed by atoms with Crippen molar-refractivity contribution in [3.05, 3.63) is 63.4 Å². The molecule has 7 nitrogen and oxygen atoms in total. The lowest BCUT2D eigenvalue weighted by atomic mass is 10.2. The van der Waals surface area contributed by atoms with Crippen molar-refractivity contribution in [3.8, 4) is 0 Å². The maximum Gasteiger partial charge on any atom is 0.311 e. The third-order valence-corrected chi connectivity index (χ3v) is 5.06. The number of ether oxygens (including phenoxy) is 1. The van der Waals surface area contributed by atoms with E-state index in [0.717, 1.165) is 5.56 Å². The lowest BCUT2D eigenvalue weighted by molar-refractivity contribution is -0.142. The molecular weight excluding hydrogens is 400 g/mol. The van der Waals surface area contributed by atoms with Crippen LogP contribution in [0.2, 0.25) is 5.15 Å². The molecule has 9 heteroatoms. The highest BCUT2D eigenvalue weighted by atomic mass is 35.5. The van der Waals surface area contributed by atoms with Gasteiger partial charge in [-0.3, -0.25) is 14.9 Å². The van der Waals surface area contributed by atoms with Gasteiger partial charge in [0.15, 0.2) is 5.13 Å². The number of thiazole rings is 1. The highest BCUT2D eigenvalue weighted by Gasteiger charge is 2.21. The van der Waals surface area contributed by atoms with Crippen LogP contribution >= 0.6 is 22.9 Å². The van der Waals surface area contributed by atoms with Crippen molar-refractivity contribution in [2.45, 2.75) is 26.8 Å². The normalized spacial score (nSPS) is 10.7. The smallest absolute Gasteiger partial charge is 0.311 e. The molecule has 0 unspecified atom stereocenters. The Morgan fingerprint density at radius 2 is 2.04 bits per heavy atom. The number of aryl methyl sites for hydroxylation is 1. The summed E-state index contributed by atoms with van der Waals surface area (Å²) in [4.78, 5) is 28.5. The number of rotatable bonds is 7. The van der Waals surface area contributed by atoms with Gasteiger partial charge in [0.1, 0.15) is 5.15 Å². The fraction of sp³-hybridized carbons (Fsp3) is 0.263. The number of nitrogens with zero attached hydrogens (tertiary/aromatic N) is 3. The molecule has 146 valence electrons. The van der Waals surface area contributed by atoms with Crippen LogP contribution in [0.4, 0.5) is 5.13 Å². The van der Waals surface area contributed by atoms with Gasteiger partial charge in [0, 0.05) is 5.38 Å². The molecule has 1 N–H and O–H groups in total. The van der Waals surface area contributed by atoms with Crippen LogP contribution in [0.1, 0.15) is 34.2 Å². The van der Waals surface area contributed by atoms with E-state index in [9.17, 15) is 9.59 Å². The minimum absolute atomic E-state index is 0.0645. The zero-order valence-corrected chi connectivity index (χ0v) is 17.0. The highest BCUT2D eigenvalue weighted by molar-refractivity contribution is 7.14. The van der Waals surface area contributed by atoms with Crippen LogP contribution in [0.15, 0.2) is 35.7 Å². The minimum Gasteiger partial charge on any atom is -0.466 e. The third kappa shape index (κ3) is 4.76. The monoisotopic (exact) mass is 418 g/mol. The lowest BCUT2D eigenvalue weighted by Gasteiger charge is -2.04. The fourth-order valence-corrected chi connectivity index (χ4v) is 3.66. The standard InChI is InChI=1S/C19H19ClN4O3S/c1-3-27-15(25)9-14-11-28-19(21-14)22-18(26)16-12(2)23-24(17(16)20)10-13-7-5-4-6-8-13/h4-8,11H,3,9-10H2,1-2H3,(H,21,22,26). The number of amides is 1. The van der Waals surface area contributed by atoms with Crippen molar-refractivity contribution >= 4 is 39.9 Å². The van der Waals surface area contributed by atoms with E-state index < -0.39 is 0 Å². The third-order valence-electron chi connectivity index (χ3n) is 3.87. The molecule has 2 heterocycles. The number of esters is 1. The predicted molar refractivity (Wildman–Crippen MR) is 108 cm³/mol. The second kappa shape index (κ2) is 8.99. The summed E-state index contributed by atoms with van der Waals surface area (Å²) in [6, 6.07) is 9.73. The zero-order valence-electron chi connectivity index (χ0n) is 15.4. The second-order valence-electron chi connectivity index (χ2n) is 5.97. The molecule has 0 bridgehead atoms. The van der Waals surface area contributed by atoms with Crippen LogP contribution in [0.3, 0.4) is 0 Å². The van der Waals surface area contributed by atoms with Crippen molar-refractivity contribution in [1.29, 1.82) is 0 Å². The molecule has 0 saturated heterocycles. The van der Waals surface area contributed by atoms with Gasteiger partial charge in [0.05, 0.1) is 36.5 Å². The fourth-order valence-electron chi connectivity index (χ4n) is 2.64. The molecule has 0 aliphatic heterocycles. The average Bonchev–Trinajstić information content (AvgIpc) is 3.19. The number of nitrogens with one attached hydrogen (secondary N) is 1. The Morgan fingerprint density at radius 3 is 2.75 bits per heavy atom. The van der Waals surface area contributed by atoms with Crippen LogP contribution in [0.25, 0.3) is 0 Å². The number of carbonyl (C=O) groups excluding carboxylic acids is 2. The molecule has 0 atom stereocenters. The Hall–Kier alpha value is -2.71. The average molecular weight is 419 g/mol. The number of carbonyl (C=O) groups is 2. The Balaban J connectivity index is 1.71. The zero-order chi connectivity index (χ0) is 20.1. The van der Waals surface area contributed by atoms with E-state index in [-0.39, 0.29) is 23.5 Å². The van der Waals surface area contributed by atoms with E-state index >= 15 is 0 Å². The molecule has 0 spiro atoms. The van der Waals surface area contributed by atoms with Gasteiger partial charge in [0.2, 0.25) is 0 Å². The van der Waals surface area contributed by atoms with Gasteiger partial charge < -0.3 is 4.74 Å². The molecule has 1 amide bonds. The van der Waals surface area contributed by atoms with Crippen molar-refractivity contribution in [2.24, 2.45) is 0 Å². The van der Waals surface area contributed by atoms with Crippen LogP contribution in [-0.2, 0) is 22.5 Å². The summed E-state index contributed by atoms with van der Waals surface area (Å²) < 4.78 is 6.49. The van der Waals surface area contributed by atoms with E-state index in [1.165, 1.54) is 11.3 Å². The topological polar surface area (TPSA) is 86.1 Å². The largest absolute Gasteiger partial charge is 0.466 e. The maximum absolute atomic E-state index is 12.7. The van der Waals surface area contributed by atoms with Crippen molar-refractivity contribution in [2.75, 3.05) is 11.9 Å². The first-order chi connectivity index (χ1) is 13.5. The number of halogens is 1. The predicted octanol–water partition coefficient (Wildman–Crippen LogP) is 3.71. The molecular formula is C19H19ClN4O3S. The van der Waals surface area contributed by atoms with Crippen LogP contribution in [0.5, 0.6) is 0 Å². The Labute approximate surface area is 171 Å². The summed E-state index contributed by atoms with van der Waals surface area (Å²) in [6.07, 6.45) is 0.0645. The maximum atomic E-state index is 12.7. The number of hydrogen-bond acceptors (Lipinski definition) is 6. The van der Waals surface area contributed by atoms with Gasteiger partial charge in [-0.25, -0.2) is 9.67 Å². The molecule has 0 aliphatic rings. The summed E-state index contributed by atoms with van der Waals surface area (Å²) in [6.45, 7) is 4.26. The Morgan fingerprint density at radius 1 is 1.29 bits per heavy atom. The number of hydrogen-bond donors (Lipinski definition) is 1. The second-order valence-corrected chi connectivity index (χ2v) is 7.19. The molecule has 28 heavy (non-hydrogen) atoms. The summed E-state index contributed by atoms with van der Waals surface area (Å²) in [5, 5.41) is 9.46. The number of aromatic nitrogens is 3. The number of anilines is 1. The van der Waals surface area contributed by atoms with Crippen molar-refractivity contribution < 1.29 is 14.3 Å². The van der Waals surface area contributed by atoms with E-state index in [2.05, 4.69) is 15.4 Å². The molecule has 0 fully saturated rings. The van der Waals surface area contributed by atoms with Crippen LogP contribution in [0, 0.1) is 6.92 Å². The van der Waals surface area contributed by atoms with Crippen molar-refractivity contribution in [1.82, 2.24) is 14.8 Å². The molecule has 3 rings (SSSR count). The van der Waals surface area contributed by atoms with Crippen molar-refractivity contribution in [3.63, 3.8) is 0 Å². The molecule has 1 aromatic carbocycles. The SMILES string of the molecule is CCOC(=O)Cc1csc(NC(=O)c2c(C)nn(Cc3ccccc3)c2Cl)n1. The first-order valence-corrected chi connectivity index (χ1v) is 9.92. The van der Waals surface area contributed by atoms with E-state index in [1.807, 2.05) is 30.3 Å². The van der Waals surface area contributed by atoms with E-state index in [1.54, 1.807) is 23.9 Å².